The molecule has 0 saturated carbocycles. The number of nitrogens with zero attached hydrogens (tertiary/aromatic N) is 3. The summed E-state index contributed by atoms with van der Waals surface area (Å²) in [6.45, 7) is 1.69. The lowest BCUT2D eigenvalue weighted by Gasteiger charge is -2.17. The SMILES string of the molecule is CN(CCCN)c1nccn1C. The van der Waals surface area contributed by atoms with Crippen LogP contribution in [-0.4, -0.2) is 29.7 Å². The highest BCUT2D eigenvalue weighted by Crippen LogP contribution is 2.06. The van der Waals surface area contributed by atoms with Crippen molar-refractivity contribution >= 4 is 5.95 Å². The average molecular weight is 168 g/mol. The van der Waals surface area contributed by atoms with E-state index in [0.717, 1.165) is 25.5 Å². The molecule has 0 fully saturated rings. The Morgan fingerprint density at radius 2 is 2.42 bits per heavy atom. The molecule has 1 heterocycles. The maximum Gasteiger partial charge on any atom is 0.204 e. The number of aryl methyl sites for hydroxylation is 1. The number of imidazole rings is 1. The van der Waals surface area contributed by atoms with E-state index in [1.807, 2.05) is 24.9 Å². The topological polar surface area (TPSA) is 47.1 Å². The van der Waals surface area contributed by atoms with Gasteiger partial charge in [0, 0.05) is 33.0 Å². The number of hydrogen-bond acceptors (Lipinski definition) is 3. The monoisotopic (exact) mass is 168 g/mol. The molecule has 0 aliphatic carbocycles. The van der Waals surface area contributed by atoms with Gasteiger partial charge in [0.05, 0.1) is 0 Å². The lowest BCUT2D eigenvalue weighted by atomic mass is 10.4. The van der Waals surface area contributed by atoms with Crippen LogP contribution in [-0.2, 0) is 7.05 Å². The molecule has 4 heteroatoms. The van der Waals surface area contributed by atoms with Crippen LogP contribution in [0.4, 0.5) is 5.95 Å². The van der Waals surface area contributed by atoms with Gasteiger partial charge < -0.3 is 15.2 Å². The maximum atomic E-state index is 5.41. The van der Waals surface area contributed by atoms with Gasteiger partial charge in [-0.25, -0.2) is 4.98 Å². The predicted molar refractivity (Wildman–Crippen MR) is 50.1 cm³/mol. The molecule has 12 heavy (non-hydrogen) atoms. The summed E-state index contributed by atoms with van der Waals surface area (Å²) in [4.78, 5) is 6.32. The van der Waals surface area contributed by atoms with E-state index >= 15 is 0 Å². The first-order valence-electron chi connectivity index (χ1n) is 4.14. The summed E-state index contributed by atoms with van der Waals surface area (Å²) in [6, 6.07) is 0. The third-order valence-corrected chi connectivity index (χ3v) is 1.83. The third-order valence-electron chi connectivity index (χ3n) is 1.83. The molecule has 68 valence electrons. The molecule has 0 bridgehead atoms. The molecule has 0 aromatic carbocycles. The van der Waals surface area contributed by atoms with Gasteiger partial charge in [0.2, 0.25) is 5.95 Å². The van der Waals surface area contributed by atoms with Crippen LogP contribution in [0.25, 0.3) is 0 Å². The van der Waals surface area contributed by atoms with Crippen LogP contribution in [0.3, 0.4) is 0 Å². The summed E-state index contributed by atoms with van der Waals surface area (Å²) in [5.41, 5.74) is 5.41. The van der Waals surface area contributed by atoms with Crippen LogP contribution in [0, 0.1) is 0 Å². The molecule has 0 spiro atoms. The minimum absolute atomic E-state index is 0.731. The number of hydrogen-bond donors (Lipinski definition) is 1. The molecule has 0 radical (unpaired) electrons. The highest BCUT2D eigenvalue weighted by Gasteiger charge is 2.03. The Morgan fingerprint density at radius 3 is 2.92 bits per heavy atom. The number of nitrogens with two attached hydrogens (primary N) is 1. The van der Waals surface area contributed by atoms with Crippen LogP contribution in [0.15, 0.2) is 12.4 Å². The minimum Gasteiger partial charge on any atom is -0.345 e. The van der Waals surface area contributed by atoms with Gasteiger partial charge in [0.15, 0.2) is 0 Å². The molecule has 0 aliphatic heterocycles. The summed E-state index contributed by atoms with van der Waals surface area (Å²) in [5, 5.41) is 0. The molecule has 1 rings (SSSR count). The smallest absolute Gasteiger partial charge is 0.204 e. The highest BCUT2D eigenvalue weighted by atomic mass is 15.3. The second kappa shape index (κ2) is 4.11. The van der Waals surface area contributed by atoms with E-state index in [-0.39, 0.29) is 0 Å². The van der Waals surface area contributed by atoms with Gasteiger partial charge in [0.1, 0.15) is 0 Å². The molecule has 1 aromatic rings. The number of aromatic nitrogens is 2. The van der Waals surface area contributed by atoms with Crippen molar-refractivity contribution in [2.24, 2.45) is 12.8 Å². The van der Waals surface area contributed by atoms with Gasteiger partial charge in [-0.1, -0.05) is 0 Å². The van der Waals surface area contributed by atoms with E-state index in [1.54, 1.807) is 6.20 Å². The van der Waals surface area contributed by atoms with E-state index in [2.05, 4.69) is 9.88 Å². The zero-order chi connectivity index (χ0) is 8.97. The standard InChI is InChI=1S/C8H16N4/c1-11(6-3-4-9)8-10-5-7-12(8)2/h5,7H,3-4,6,9H2,1-2H3. The average Bonchev–Trinajstić information content (AvgIpc) is 2.47. The van der Waals surface area contributed by atoms with Crippen molar-refractivity contribution in [2.45, 2.75) is 6.42 Å². The zero-order valence-corrected chi connectivity index (χ0v) is 7.70. The van der Waals surface area contributed by atoms with Crippen LogP contribution in [0.5, 0.6) is 0 Å². The van der Waals surface area contributed by atoms with Crippen molar-refractivity contribution < 1.29 is 0 Å². The quantitative estimate of drug-likeness (QED) is 0.699. The summed E-state index contributed by atoms with van der Waals surface area (Å²) >= 11 is 0. The number of anilines is 1. The van der Waals surface area contributed by atoms with Crippen LogP contribution < -0.4 is 10.6 Å². The first kappa shape index (κ1) is 9.06. The molecule has 2 N–H and O–H groups in total. The third kappa shape index (κ3) is 1.98. The maximum absolute atomic E-state index is 5.41. The first-order valence-corrected chi connectivity index (χ1v) is 4.14. The number of rotatable bonds is 4. The summed E-state index contributed by atoms with van der Waals surface area (Å²) in [6.07, 6.45) is 4.74. The summed E-state index contributed by atoms with van der Waals surface area (Å²) in [7, 11) is 4.01. The van der Waals surface area contributed by atoms with Gasteiger partial charge >= 0.3 is 0 Å². The molecule has 0 aliphatic rings. The van der Waals surface area contributed by atoms with Gasteiger partial charge in [-0.3, -0.25) is 0 Å². The molecule has 1 aromatic heterocycles. The Labute approximate surface area is 73.0 Å². The van der Waals surface area contributed by atoms with Crippen molar-refractivity contribution in [2.75, 3.05) is 25.0 Å². The van der Waals surface area contributed by atoms with Gasteiger partial charge in [-0.2, -0.15) is 0 Å². The summed E-state index contributed by atoms with van der Waals surface area (Å²) in [5.74, 6) is 0.989. The molecule has 0 unspecified atom stereocenters. The fraction of sp³-hybridized carbons (Fsp3) is 0.625. The molecule has 0 amide bonds. The van der Waals surface area contributed by atoms with Crippen molar-refractivity contribution in [3.8, 4) is 0 Å². The Bertz CT molecular complexity index is 231. The van der Waals surface area contributed by atoms with E-state index in [1.165, 1.54) is 0 Å². The predicted octanol–water partition coefficient (Wildman–Crippen LogP) is 0.205. The van der Waals surface area contributed by atoms with Crippen LogP contribution in [0.1, 0.15) is 6.42 Å². The fourth-order valence-corrected chi connectivity index (χ4v) is 1.15. The van der Waals surface area contributed by atoms with E-state index in [4.69, 9.17) is 5.73 Å². The largest absolute Gasteiger partial charge is 0.345 e. The molecule has 0 atom stereocenters. The van der Waals surface area contributed by atoms with Crippen molar-refractivity contribution in [1.29, 1.82) is 0 Å². The lowest BCUT2D eigenvalue weighted by molar-refractivity contribution is 0.751. The zero-order valence-electron chi connectivity index (χ0n) is 7.70. The van der Waals surface area contributed by atoms with Crippen LogP contribution in [0.2, 0.25) is 0 Å². The Morgan fingerprint density at radius 1 is 1.67 bits per heavy atom. The highest BCUT2D eigenvalue weighted by molar-refractivity contribution is 5.28. The van der Waals surface area contributed by atoms with Crippen LogP contribution >= 0.6 is 0 Å². The Hall–Kier alpha value is -1.03. The van der Waals surface area contributed by atoms with Gasteiger partial charge in [-0.15, -0.1) is 0 Å². The second-order valence-electron chi connectivity index (χ2n) is 2.90. The van der Waals surface area contributed by atoms with Gasteiger partial charge in [0.25, 0.3) is 0 Å². The van der Waals surface area contributed by atoms with E-state index in [0.29, 0.717) is 0 Å². The Balaban J connectivity index is 2.52. The van der Waals surface area contributed by atoms with Crippen molar-refractivity contribution in [3.05, 3.63) is 12.4 Å². The summed E-state index contributed by atoms with van der Waals surface area (Å²) < 4.78 is 2.00. The van der Waals surface area contributed by atoms with Gasteiger partial charge in [-0.05, 0) is 13.0 Å². The Kier molecular flexibility index (Phi) is 3.10. The molecule has 0 saturated heterocycles. The first-order chi connectivity index (χ1) is 5.75. The molecule has 4 nitrogen and oxygen atoms in total. The fourth-order valence-electron chi connectivity index (χ4n) is 1.15. The molecular weight excluding hydrogens is 152 g/mol. The lowest BCUT2D eigenvalue weighted by Crippen LogP contribution is -2.23. The molecular formula is C8H16N4. The van der Waals surface area contributed by atoms with E-state index < -0.39 is 0 Å². The van der Waals surface area contributed by atoms with Crippen molar-refractivity contribution in [1.82, 2.24) is 9.55 Å². The van der Waals surface area contributed by atoms with Crippen molar-refractivity contribution in [3.63, 3.8) is 0 Å². The second-order valence-corrected chi connectivity index (χ2v) is 2.90. The van der Waals surface area contributed by atoms with E-state index in [9.17, 15) is 0 Å². The normalized spacial score (nSPS) is 10.2. The minimum atomic E-state index is 0.731.